The molecule has 0 aromatic rings. The molecule has 0 bridgehead atoms. The van der Waals surface area contributed by atoms with E-state index in [9.17, 15) is 4.79 Å². The molecule has 1 heterocycles. The summed E-state index contributed by atoms with van der Waals surface area (Å²) in [6, 6.07) is 0. The van der Waals surface area contributed by atoms with Crippen molar-refractivity contribution in [1.29, 1.82) is 0 Å². The first-order valence-electron chi connectivity index (χ1n) is 6.95. The Morgan fingerprint density at radius 3 is 2.60 bits per heavy atom. The van der Waals surface area contributed by atoms with Gasteiger partial charge in [0.25, 0.3) is 0 Å². The number of rotatable bonds is 3. The van der Waals surface area contributed by atoms with E-state index >= 15 is 0 Å². The molecule has 0 radical (unpaired) electrons. The number of amides is 1. The Kier molecular flexibility index (Phi) is 5.43. The normalized spacial score (nSPS) is 16.6. The van der Waals surface area contributed by atoms with Crippen molar-refractivity contribution in [1.82, 2.24) is 10.2 Å². The van der Waals surface area contributed by atoms with E-state index in [4.69, 9.17) is 4.74 Å². The minimum absolute atomic E-state index is 0.242. The number of carbonyl (C=O) groups excluding carboxylic acids is 1. The lowest BCUT2D eigenvalue weighted by molar-refractivity contribution is 0.0266. The molecule has 0 saturated carbocycles. The maximum absolute atomic E-state index is 12.0. The molecule has 20 heavy (non-hydrogen) atoms. The highest BCUT2D eigenvalue weighted by atomic mass is 16.6. The predicted molar refractivity (Wildman–Crippen MR) is 82.5 cm³/mol. The van der Waals surface area contributed by atoms with Gasteiger partial charge in [-0.05, 0) is 51.3 Å². The van der Waals surface area contributed by atoms with Gasteiger partial charge in [0.2, 0.25) is 0 Å². The molecule has 0 aromatic heterocycles. The van der Waals surface area contributed by atoms with Crippen molar-refractivity contribution in [2.45, 2.75) is 39.7 Å². The molecule has 1 aliphatic rings. The van der Waals surface area contributed by atoms with Crippen LogP contribution in [0.25, 0.3) is 0 Å². The third-order valence-corrected chi connectivity index (χ3v) is 3.08. The van der Waals surface area contributed by atoms with E-state index in [2.05, 4.69) is 24.9 Å². The van der Waals surface area contributed by atoms with E-state index in [0.29, 0.717) is 13.1 Å². The van der Waals surface area contributed by atoms with Gasteiger partial charge in [0.1, 0.15) is 5.60 Å². The van der Waals surface area contributed by atoms with Crippen LogP contribution >= 0.6 is 0 Å². The van der Waals surface area contributed by atoms with Crippen molar-refractivity contribution in [2.24, 2.45) is 0 Å². The largest absolute Gasteiger partial charge is 0.444 e. The van der Waals surface area contributed by atoms with Gasteiger partial charge in [-0.15, -0.1) is 0 Å². The summed E-state index contributed by atoms with van der Waals surface area (Å²) in [6.07, 6.45) is 4.71. The summed E-state index contributed by atoms with van der Waals surface area (Å²) < 4.78 is 5.37. The monoisotopic (exact) mass is 278 g/mol. The van der Waals surface area contributed by atoms with Crippen LogP contribution in [0.5, 0.6) is 0 Å². The van der Waals surface area contributed by atoms with Crippen LogP contribution in [0.15, 0.2) is 35.6 Å². The first-order valence-corrected chi connectivity index (χ1v) is 6.95. The number of carbonyl (C=O) groups is 1. The number of nitrogens with one attached hydrogen (secondary N) is 1. The number of hydrogen-bond acceptors (Lipinski definition) is 3. The molecule has 4 heteroatoms. The molecule has 0 fully saturated rings. The maximum Gasteiger partial charge on any atom is 0.410 e. The third-order valence-electron chi connectivity index (χ3n) is 3.08. The summed E-state index contributed by atoms with van der Waals surface area (Å²) in [7, 11) is 1.85. The highest BCUT2D eigenvalue weighted by Gasteiger charge is 2.23. The van der Waals surface area contributed by atoms with Gasteiger partial charge >= 0.3 is 6.09 Å². The molecule has 1 aliphatic heterocycles. The molecular formula is C16H26N2O2. The Morgan fingerprint density at radius 1 is 1.50 bits per heavy atom. The first-order chi connectivity index (χ1) is 9.23. The fourth-order valence-electron chi connectivity index (χ4n) is 1.95. The second-order valence-corrected chi connectivity index (χ2v) is 6.01. The van der Waals surface area contributed by atoms with Crippen molar-refractivity contribution in [3.8, 4) is 0 Å². The molecule has 1 amide bonds. The lowest BCUT2D eigenvalue weighted by Gasteiger charge is -2.29. The summed E-state index contributed by atoms with van der Waals surface area (Å²) in [6.45, 7) is 12.9. The summed E-state index contributed by atoms with van der Waals surface area (Å²) in [5.74, 6) is 0. The standard InChI is InChI=1S/C16H26N2O2/c1-12(11-13(2)17-6)14-7-9-18(10-8-14)15(19)20-16(3,4)5/h7,11,17H,2,8-10H2,1,3-6H3/b12-11+. The summed E-state index contributed by atoms with van der Waals surface area (Å²) >= 11 is 0. The van der Waals surface area contributed by atoms with Gasteiger partial charge in [-0.2, -0.15) is 0 Å². The topological polar surface area (TPSA) is 41.6 Å². The highest BCUT2D eigenvalue weighted by Crippen LogP contribution is 2.21. The second kappa shape index (κ2) is 6.64. The molecule has 0 atom stereocenters. The van der Waals surface area contributed by atoms with Crippen molar-refractivity contribution >= 4 is 6.09 Å². The summed E-state index contributed by atoms with van der Waals surface area (Å²) in [5, 5.41) is 3.01. The van der Waals surface area contributed by atoms with Gasteiger partial charge < -0.3 is 15.0 Å². The molecular weight excluding hydrogens is 252 g/mol. The molecule has 0 spiro atoms. The number of allylic oxidation sites excluding steroid dienone is 2. The molecule has 1 rings (SSSR count). The van der Waals surface area contributed by atoms with E-state index < -0.39 is 5.60 Å². The Hall–Kier alpha value is -1.71. The zero-order chi connectivity index (χ0) is 15.3. The zero-order valence-corrected chi connectivity index (χ0v) is 13.2. The average Bonchev–Trinajstić information content (AvgIpc) is 2.36. The minimum Gasteiger partial charge on any atom is -0.444 e. The lowest BCUT2D eigenvalue weighted by Crippen LogP contribution is -2.39. The van der Waals surface area contributed by atoms with E-state index in [1.54, 1.807) is 4.90 Å². The Balaban J connectivity index is 2.63. The quantitative estimate of drug-likeness (QED) is 0.806. The lowest BCUT2D eigenvalue weighted by atomic mass is 10.00. The maximum atomic E-state index is 12.0. The van der Waals surface area contributed by atoms with Crippen LogP contribution in [0, 0.1) is 0 Å². The van der Waals surface area contributed by atoms with Crippen LogP contribution in [0.1, 0.15) is 34.1 Å². The van der Waals surface area contributed by atoms with Crippen LogP contribution < -0.4 is 5.32 Å². The minimum atomic E-state index is -0.443. The van der Waals surface area contributed by atoms with Gasteiger partial charge in [-0.1, -0.05) is 12.7 Å². The molecule has 0 unspecified atom stereocenters. The van der Waals surface area contributed by atoms with Crippen molar-refractivity contribution in [3.63, 3.8) is 0 Å². The number of likely N-dealkylation sites (N-methyl/N-ethyl adjacent to an activating group) is 1. The summed E-state index contributed by atoms with van der Waals surface area (Å²) in [5.41, 5.74) is 2.90. The Morgan fingerprint density at radius 2 is 2.15 bits per heavy atom. The van der Waals surface area contributed by atoms with Crippen molar-refractivity contribution < 1.29 is 9.53 Å². The van der Waals surface area contributed by atoms with Crippen LogP contribution in [0.4, 0.5) is 4.79 Å². The average molecular weight is 278 g/mol. The van der Waals surface area contributed by atoms with E-state index in [0.717, 1.165) is 12.1 Å². The number of nitrogens with zero attached hydrogens (tertiary/aromatic N) is 1. The number of ether oxygens (including phenoxy) is 1. The van der Waals surface area contributed by atoms with Gasteiger partial charge in [-0.3, -0.25) is 0 Å². The predicted octanol–water partition coefficient (Wildman–Crippen LogP) is 3.23. The fourth-order valence-corrected chi connectivity index (χ4v) is 1.95. The fraction of sp³-hybridized carbons (Fsp3) is 0.562. The Bertz CT molecular complexity index is 442. The molecule has 4 nitrogen and oxygen atoms in total. The molecule has 1 N–H and O–H groups in total. The molecule has 0 saturated heterocycles. The number of hydrogen-bond donors (Lipinski definition) is 1. The van der Waals surface area contributed by atoms with Crippen molar-refractivity contribution in [2.75, 3.05) is 20.1 Å². The zero-order valence-electron chi connectivity index (χ0n) is 13.2. The smallest absolute Gasteiger partial charge is 0.410 e. The first kappa shape index (κ1) is 16.3. The van der Waals surface area contributed by atoms with Gasteiger partial charge in [-0.25, -0.2) is 4.79 Å². The van der Waals surface area contributed by atoms with Gasteiger partial charge in [0.05, 0.1) is 0 Å². The second-order valence-electron chi connectivity index (χ2n) is 6.01. The van der Waals surface area contributed by atoms with Crippen LogP contribution in [-0.4, -0.2) is 36.7 Å². The van der Waals surface area contributed by atoms with E-state index in [-0.39, 0.29) is 6.09 Å². The SMILES string of the molecule is C=C(/C=C(\C)C1=CCN(C(=O)OC(C)(C)C)CC1)NC. The third kappa shape index (κ3) is 5.11. The van der Waals surface area contributed by atoms with Crippen LogP contribution in [0.3, 0.4) is 0 Å². The van der Waals surface area contributed by atoms with Crippen LogP contribution in [0.2, 0.25) is 0 Å². The van der Waals surface area contributed by atoms with Gasteiger partial charge in [0.15, 0.2) is 0 Å². The molecule has 0 aliphatic carbocycles. The van der Waals surface area contributed by atoms with Crippen molar-refractivity contribution in [3.05, 3.63) is 35.6 Å². The van der Waals surface area contributed by atoms with Crippen LogP contribution in [-0.2, 0) is 4.74 Å². The Labute approximate surface area is 122 Å². The highest BCUT2D eigenvalue weighted by molar-refractivity contribution is 5.68. The molecule has 112 valence electrons. The van der Waals surface area contributed by atoms with Gasteiger partial charge in [0, 0.05) is 25.8 Å². The van der Waals surface area contributed by atoms with E-state index in [1.807, 2.05) is 33.9 Å². The molecule has 0 aromatic carbocycles. The van der Waals surface area contributed by atoms with E-state index in [1.165, 1.54) is 11.1 Å². The summed E-state index contributed by atoms with van der Waals surface area (Å²) in [4.78, 5) is 13.7.